The van der Waals surface area contributed by atoms with E-state index in [2.05, 4.69) is 0 Å². The van der Waals surface area contributed by atoms with Gasteiger partial charge in [0.05, 0.1) is 12.5 Å². The third-order valence-electron chi connectivity index (χ3n) is 3.56. The summed E-state index contributed by atoms with van der Waals surface area (Å²) in [6.45, 7) is 1.72. The van der Waals surface area contributed by atoms with Gasteiger partial charge < -0.3 is 19.5 Å². The molecule has 1 aromatic rings. The van der Waals surface area contributed by atoms with Crippen molar-refractivity contribution in [2.45, 2.75) is 25.8 Å². The molecule has 0 fully saturated rings. The number of fused-ring (bicyclic) bond motifs is 1. The van der Waals surface area contributed by atoms with Gasteiger partial charge in [-0.3, -0.25) is 14.4 Å². The summed E-state index contributed by atoms with van der Waals surface area (Å²) in [7, 11) is 1.49. The van der Waals surface area contributed by atoms with E-state index in [1.54, 1.807) is 25.1 Å². The Kier molecular flexibility index (Phi) is 4.65. The van der Waals surface area contributed by atoms with Gasteiger partial charge in [0.25, 0.3) is 0 Å². The number of hydrogen-bond acceptors (Lipinski definition) is 5. The first-order valence-corrected chi connectivity index (χ1v) is 6.81. The van der Waals surface area contributed by atoms with E-state index in [0.717, 1.165) is 0 Å². The predicted molar refractivity (Wildman–Crippen MR) is 76.0 cm³/mol. The van der Waals surface area contributed by atoms with Crippen LogP contribution in [0.5, 0.6) is 11.5 Å². The molecule has 0 aliphatic carbocycles. The van der Waals surface area contributed by atoms with Crippen LogP contribution in [-0.2, 0) is 9.59 Å². The molecule has 1 amide bonds. The maximum absolute atomic E-state index is 12.4. The van der Waals surface area contributed by atoms with E-state index in [4.69, 9.17) is 14.6 Å². The number of aliphatic carboxylic acids is 1. The minimum atomic E-state index is -1.04. The first kappa shape index (κ1) is 15.8. The molecule has 1 aromatic carbocycles. The zero-order valence-electron chi connectivity index (χ0n) is 12.4. The lowest BCUT2D eigenvalue weighted by molar-refractivity contribution is -0.140. The second kappa shape index (κ2) is 6.46. The summed E-state index contributed by atoms with van der Waals surface area (Å²) in [5.41, 5.74) is 0.412. The van der Waals surface area contributed by atoms with Gasteiger partial charge in [-0.2, -0.15) is 0 Å². The van der Waals surface area contributed by atoms with Gasteiger partial charge in [0.1, 0.15) is 0 Å². The Labute approximate surface area is 127 Å². The number of carbonyl (C=O) groups is 3. The fourth-order valence-corrected chi connectivity index (χ4v) is 2.07. The Hall–Kier alpha value is -2.57. The number of Topliss-reactive ketones (excluding diaryl/α,β-unsaturated/α-hetero) is 1. The van der Waals surface area contributed by atoms with Crippen LogP contribution in [-0.4, -0.2) is 47.5 Å². The molecule has 1 heterocycles. The van der Waals surface area contributed by atoms with Gasteiger partial charge in [0.15, 0.2) is 17.3 Å². The monoisotopic (exact) mass is 307 g/mol. The number of ether oxygens (including phenoxy) is 2. The van der Waals surface area contributed by atoms with Crippen molar-refractivity contribution in [3.8, 4) is 11.5 Å². The van der Waals surface area contributed by atoms with Crippen LogP contribution in [0.2, 0.25) is 0 Å². The number of rotatable bonds is 6. The molecule has 7 nitrogen and oxygen atoms in total. The molecule has 0 bridgehead atoms. The van der Waals surface area contributed by atoms with Crippen LogP contribution in [0.25, 0.3) is 0 Å². The molecule has 7 heteroatoms. The smallest absolute Gasteiger partial charge is 0.303 e. The summed E-state index contributed by atoms with van der Waals surface area (Å²) >= 11 is 0. The van der Waals surface area contributed by atoms with Gasteiger partial charge in [0, 0.05) is 19.0 Å². The third kappa shape index (κ3) is 3.36. The molecule has 1 N–H and O–H groups in total. The lowest BCUT2D eigenvalue weighted by atomic mass is 10.0. The molecule has 0 spiro atoms. The topological polar surface area (TPSA) is 93.1 Å². The van der Waals surface area contributed by atoms with E-state index >= 15 is 0 Å². The van der Waals surface area contributed by atoms with Gasteiger partial charge >= 0.3 is 5.97 Å². The summed E-state index contributed by atoms with van der Waals surface area (Å²) in [4.78, 5) is 36.1. The quantitative estimate of drug-likeness (QED) is 0.796. The van der Waals surface area contributed by atoms with Gasteiger partial charge in [-0.25, -0.2) is 0 Å². The van der Waals surface area contributed by atoms with Gasteiger partial charge in [-0.05, 0) is 25.1 Å². The van der Waals surface area contributed by atoms with Crippen molar-refractivity contribution >= 4 is 17.7 Å². The molecule has 1 atom stereocenters. The lowest BCUT2D eigenvalue weighted by Crippen LogP contribution is -2.40. The van der Waals surface area contributed by atoms with Crippen molar-refractivity contribution in [1.82, 2.24) is 4.90 Å². The fourth-order valence-electron chi connectivity index (χ4n) is 2.07. The number of carboxylic acid groups (broad SMARTS) is 1. The molecular formula is C15H17NO6. The Morgan fingerprint density at radius 3 is 2.59 bits per heavy atom. The van der Waals surface area contributed by atoms with E-state index < -0.39 is 12.0 Å². The Balaban J connectivity index is 2.05. The van der Waals surface area contributed by atoms with E-state index in [1.807, 2.05) is 0 Å². The maximum Gasteiger partial charge on any atom is 0.303 e. The zero-order valence-corrected chi connectivity index (χ0v) is 12.4. The summed E-state index contributed by atoms with van der Waals surface area (Å²) in [5.74, 6) is -0.599. The molecule has 0 aromatic heterocycles. The molecule has 22 heavy (non-hydrogen) atoms. The first-order chi connectivity index (χ1) is 10.4. The lowest BCUT2D eigenvalue weighted by Gasteiger charge is -2.23. The number of carbonyl (C=O) groups excluding carboxylic acids is 2. The molecule has 2 rings (SSSR count). The Morgan fingerprint density at radius 1 is 1.23 bits per heavy atom. The zero-order chi connectivity index (χ0) is 16.3. The fraction of sp³-hybridized carbons (Fsp3) is 0.400. The molecule has 118 valence electrons. The van der Waals surface area contributed by atoms with Crippen LogP contribution in [0.15, 0.2) is 18.2 Å². The molecule has 0 radical (unpaired) electrons. The maximum atomic E-state index is 12.4. The summed E-state index contributed by atoms with van der Waals surface area (Å²) in [5, 5.41) is 8.60. The van der Waals surface area contributed by atoms with Crippen molar-refractivity contribution < 1.29 is 29.0 Å². The minimum absolute atomic E-state index is 0.121. The summed E-state index contributed by atoms with van der Waals surface area (Å²) < 4.78 is 10.4. The highest BCUT2D eigenvalue weighted by Gasteiger charge is 2.25. The summed E-state index contributed by atoms with van der Waals surface area (Å²) in [6, 6.07) is 4.15. The number of carboxylic acids is 1. The molecule has 1 aliphatic rings. The van der Waals surface area contributed by atoms with Crippen LogP contribution >= 0.6 is 0 Å². The average Bonchev–Trinajstić information content (AvgIpc) is 2.97. The highest BCUT2D eigenvalue weighted by Crippen LogP contribution is 2.32. The van der Waals surface area contributed by atoms with Crippen molar-refractivity contribution in [3.63, 3.8) is 0 Å². The highest BCUT2D eigenvalue weighted by atomic mass is 16.7. The molecule has 0 saturated heterocycles. The predicted octanol–water partition coefficient (Wildman–Crippen LogP) is 1.31. The van der Waals surface area contributed by atoms with Crippen LogP contribution < -0.4 is 9.47 Å². The van der Waals surface area contributed by atoms with Gasteiger partial charge in [-0.15, -0.1) is 0 Å². The van der Waals surface area contributed by atoms with E-state index in [0.29, 0.717) is 17.1 Å². The van der Waals surface area contributed by atoms with Crippen molar-refractivity contribution in [2.24, 2.45) is 0 Å². The number of ketones is 1. The van der Waals surface area contributed by atoms with Gasteiger partial charge in [0.2, 0.25) is 12.7 Å². The average molecular weight is 307 g/mol. The Bertz CT molecular complexity index is 612. The van der Waals surface area contributed by atoms with Crippen LogP contribution in [0.4, 0.5) is 0 Å². The molecule has 1 aliphatic heterocycles. The second-order valence-electron chi connectivity index (χ2n) is 5.01. The first-order valence-electron chi connectivity index (χ1n) is 6.81. The van der Waals surface area contributed by atoms with E-state index in [1.165, 1.54) is 11.9 Å². The Morgan fingerprint density at radius 2 is 1.91 bits per heavy atom. The third-order valence-corrected chi connectivity index (χ3v) is 3.56. The van der Waals surface area contributed by atoms with Crippen LogP contribution in [0, 0.1) is 0 Å². The number of likely N-dealkylation sites (N-methyl/N-ethyl adjacent to an activating group) is 1. The van der Waals surface area contributed by atoms with E-state index in [9.17, 15) is 14.4 Å². The molecular weight excluding hydrogens is 290 g/mol. The molecule has 0 saturated carbocycles. The largest absolute Gasteiger partial charge is 0.481 e. The number of benzene rings is 1. The minimum Gasteiger partial charge on any atom is -0.481 e. The standard InChI is InChI=1S/C15H17NO6/c1-9(16(2)13(17)5-6-14(18)19)15(20)10-3-4-11-12(7-10)22-8-21-11/h3-4,7,9H,5-6,8H2,1-2H3,(H,18,19). The van der Waals surface area contributed by atoms with Crippen molar-refractivity contribution in [2.75, 3.05) is 13.8 Å². The highest BCUT2D eigenvalue weighted by molar-refractivity contribution is 6.02. The van der Waals surface area contributed by atoms with E-state index in [-0.39, 0.29) is 31.3 Å². The van der Waals surface area contributed by atoms with Gasteiger partial charge in [-0.1, -0.05) is 0 Å². The van der Waals surface area contributed by atoms with Crippen molar-refractivity contribution in [1.29, 1.82) is 0 Å². The summed E-state index contributed by atoms with van der Waals surface area (Å²) in [6.07, 6.45) is -0.390. The van der Waals surface area contributed by atoms with Crippen LogP contribution in [0.1, 0.15) is 30.1 Å². The van der Waals surface area contributed by atoms with Crippen LogP contribution in [0.3, 0.4) is 0 Å². The molecule has 1 unspecified atom stereocenters. The normalized spacial score (nSPS) is 13.5. The number of hydrogen-bond donors (Lipinski definition) is 1. The SMILES string of the molecule is CC(C(=O)c1ccc2c(c1)OCO2)N(C)C(=O)CCC(=O)O. The number of nitrogens with zero attached hydrogens (tertiary/aromatic N) is 1. The number of amides is 1. The second-order valence-corrected chi connectivity index (χ2v) is 5.01. The van der Waals surface area contributed by atoms with Crippen molar-refractivity contribution in [3.05, 3.63) is 23.8 Å².